The van der Waals surface area contributed by atoms with Crippen molar-refractivity contribution in [3.05, 3.63) is 35.4 Å². The van der Waals surface area contributed by atoms with Gasteiger partial charge in [-0.3, -0.25) is 4.79 Å². The number of aliphatic hydroxyl groups is 1. The van der Waals surface area contributed by atoms with E-state index in [2.05, 4.69) is 0 Å². The number of rotatable bonds is 4. The summed E-state index contributed by atoms with van der Waals surface area (Å²) in [4.78, 5) is 11.7. The molecule has 0 fully saturated rings. The summed E-state index contributed by atoms with van der Waals surface area (Å²) in [5.41, 5.74) is 0.204. The summed E-state index contributed by atoms with van der Waals surface area (Å²) in [5, 5.41) is 9.54. The second-order valence-electron chi connectivity index (χ2n) is 4.02. The molecule has 0 aliphatic carbocycles. The van der Waals surface area contributed by atoms with Crippen LogP contribution in [0.25, 0.3) is 0 Å². The Morgan fingerprint density at radius 3 is 2.27 bits per heavy atom. The lowest BCUT2D eigenvalue weighted by Gasteiger charge is -2.15. The summed E-state index contributed by atoms with van der Waals surface area (Å²) in [6.45, 7) is 3.49. The number of methoxy groups -OCH3 is 1. The highest BCUT2D eigenvalue weighted by molar-refractivity contribution is 6.01. The Kier molecular flexibility index (Phi) is 3.61. The van der Waals surface area contributed by atoms with Crippen molar-refractivity contribution in [2.75, 3.05) is 7.11 Å². The molecular formula is C12H16O3. The minimum absolute atomic E-state index is 0.272. The smallest absolute Gasteiger partial charge is 0.193 e. The van der Waals surface area contributed by atoms with Gasteiger partial charge in [0.2, 0.25) is 0 Å². The van der Waals surface area contributed by atoms with Crippen LogP contribution in [-0.2, 0) is 11.3 Å². The van der Waals surface area contributed by atoms with Crippen molar-refractivity contribution in [3.63, 3.8) is 0 Å². The molecule has 0 heterocycles. The minimum Gasteiger partial charge on any atom is -0.382 e. The van der Waals surface area contributed by atoms with Crippen LogP contribution in [0.4, 0.5) is 0 Å². The van der Waals surface area contributed by atoms with Crippen LogP contribution in [0.3, 0.4) is 0 Å². The molecule has 0 radical (unpaired) electrons. The average Bonchev–Trinajstić information content (AvgIpc) is 2.17. The Morgan fingerprint density at radius 2 is 1.87 bits per heavy atom. The second-order valence-corrected chi connectivity index (χ2v) is 4.02. The molecule has 0 aliphatic rings. The van der Waals surface area contributed by atoms with Crippen LogP contribution >= 0.6 is 0 Å². The monoisotopic (exact) mass is 208 g/mol. The topological polar surface area (TPSA) is 46.5 Å². The Morgan fingerprint density at radius 1 is 1.33 bits per heavy atom. The van der Waals surface area contributed by atoms with E-state index < -0.39 is 5.60 Å². The van der Waals surface area contributed by atoms with E-state index in [1.807, 2.05) is 12.1 Å². The van der Waals surface area contributed by atoms with Crippen LogP contribution in [0.15, 0.2) is 24.3 Å². The molecule has 3 nitrogen and oxygen atoms in total. The van der Waals surface area contributed by atoms with Gasteiger partial charge in [0.15, 0.2) is 5.78 Å². The van der Waals surface area contributed by atoms with Crippen LogP contribution in [-0.4, -0.2) is 23.6 Å². The number of hydrogen-bond donors (Lipinski definition) is 1. The first-order valence-electron chi connectivity index (χ1n) is 4.80. The number of hydrogen-bond acceptors (Lipinski definition) is 3. The molecule has 0 bridgehead atoms. The standard InChI is InChI=1S/C12H16O3/c1-12(2,14)11(13)10-6-4-9(5-7-10)8-15-3/h4-7,14H,8H2,1-3H3. The largest absolute Gasteiger partial charge is 0.382 e. The molecule has 0 spiro atoms. The molecule has 0 saturated heterocycles. The molecule has 1 rings (SSSR count). The van der Waals surface area contributed by atoms with Gasteiger partial charge in [-0.1, -0.05) is 24.3 Å². The number of carbonyl (C=O) groups is 1. The Balaban J connectivity index is 2.85. The number of benzene rings is 1. The summed E-state index contributed by atoms with van der Waals surface area (Å²) in [6.07, 6.45) is 0. The second kappa shape index (κ2) is 4.55. The predicted molar refractivity (Wildman–Crippen MR) is 57.8 cm³/mol. The maximum Gasteiger partial charge on any atom is 0.193 e. The van der Waals surface area contributed by atoms with Gasteiger partial charge in [-0.05, 0) is 19.4 Å². The minimum atomic E-state index is -1.32. The lowest BCUT2D eigenvalue weighted by Crippen LogP contribution is -2.31. The fraction of sp³-hybridized carbons (Fsp3) is 0.417. The zero-order valence-corrected chi connectivity index (χ0v) is 9.28. The molecule has 15 heavy (non-hydrogen) atoms. The number of ether oxygens (including phenoxy) is 1. The highest BCUT2D eigenvalue weighted by Gasteiger charge is 2.24. The van der Waals surface area contributed by atoms with Gasteiger partial charge in [0, 0.05) is 12.7 Å². The lowest BCUT2D eigenvalue weighted by atomic mass is 9.96. The van der Waals surface area contributed by atoms with Crippen molar-refractivity contribution in [2.45, 2.75) is 26.1 Å². The van der Waals surface area contributed by atoms with Crippen molar-refractivity contribution < 1.29 is 14.6 Å². The van der Waals surface area contributed by atoms with E-state index in [9.17, 15) is 9.90 Å². The summed E-state index contributed by atoms with van der Waals surface area (Å²) in [6, 6.07) is 7.05. The van der Waals surface area contributed by atoms with Crippen molar-refractivity contribution in [3.8, 4) is 0 Å². The molecule has 0 aliphatic heterocycles. The summed E-state index contributed by atoms with van der Waals surface area (Å²) in [5.74, 6) is -0.272. The normalized spacial score (nSPS) is 11.5. The Hall–Kier alpha value is -1.19. The molecule has 82 valence electrons. The number of Topliss-reactive ketones (excluding diaryl/α,β-unsaturated/α-hetero) is 1. The van der Waals surface area contributed by atoms with E-state index in [0.717, 1.165) is 5.56 Å². The molecule has 0 unspecified atom stereocenters. The van der Waals surface area contributed by atoms with Crippen molar-refractivity contribution >= 4 is 5.78 Å². The van der Waals surface area contributed by atoms with Crippen LogP contribution in [0, 0.1) is 0 Å². The average molecular weight is 208 g/mol. The first-order chi connectivity index (χ1) is 6.95. The molecule has 1 aromatic carbocycles. The fourth-order valence-electron chi connectivity index (χ4n) is 1.27. The quantitative estimate of drug-likeness (QED) is 0.767. The van der Waals surface area contributed by atoms with Gasteiger partial charge in [-0.2, -0.15) is 0 Å². The predicted octanol–water partition coefficient (Wildman–Crippen LogP) is 1.79. The van der Waals surface area contributed by atoms with Crippen LogP contribution < -0.4 is 0 Å². The number of ketones is 1. The van der Waals surface area contributed by atoms with E-state index in [0.29, 0.717) is 12.2 Å². The molecule has 3 heteroatoms. The molecular weight excluding hydrogens is 192 g/mol. The molecule has 1 N–H and O–H groups in total. The van der Waals surface area contributed by atoms with Gasteiger partial charge >= 0.3 is 0 Å². The fourth-order valence-corrected chi connectivity index (χ4v) is 1.27. The Labute approximate surface area is 89.7 Å². The maximum absolute atomic E-state index is 11.7. The van der Waals surface area contributed by atoms with Gasteiger partial charge in [0.05, 0.1) is 6.61 Å². The van der Waals surface area contributed by atoms with Gasteiger partial charge in [-0.25, -0.2) is 0 Å². The summed E-state index contributed by atoms with van der Waals surface area (Å²) >= 11 is 0. The molecule has 0 amide bonds. The first kappa shape index (κ1) is 11.9. The van der Waals surface area contributed by atoms with Crippen molar-refractivity contribution in [1.29, 1.82) is 0 Å². The molecule has 0 saturated carbocycles. The molecule has 1 aromatic rings. The van der Waals surface area contributed by atoms with Gasteiger partial charge in [-0.15, -0.1) is 0 Å². The molecule has 0 aromatic heterocycles. The van der Waals surface area contributed by atoms with Crippen LogP contribution in [0.5, 0.6) is 0 Å². The van der Waals surface area contributed by atoms with Gasteiger partial charge in [0.1, 0.15) is 5.60 Å². The highest BCUT2D eigenvalue weighted by atomic mass is 16.5. The summed E-state index contributed by atoms with van der Waals surface area (Å²) in [7, 11) is 1.62. The van der Waals surface area contributed by atoms with Gasteiger partial charge in [0.25, 0.3) is 0 Å². The van der Waals surface area contributed by atoms with E-state index in [1.54, 1.807) is 19.2 Å². The van der Waals surface area contributed by atoms with E-state index in [4.69, 9.17) is 4.74 Å². The molecule has 0 atom stereocenters. The van der Waals surface area contributed by atoms with E-state index in [1.165, 1.54) is 13.8 Å². The van der Waals surface area contributed by atoms with Crippen molar-refractivity contribution in [1.82, 2.24) is 0 Å². The third-order valence-electron chi connectivity index (χ3n) is 2.08. The van der Waals surface area contributed by atoms with E-state index in [-0.39, 0.29) is 5.78 Å². The third kappa shape index (κ3) is 3.15. The number of carbonyl (C=O) groups excluding carboxylic acids is 1. The van der Waals surface area contributed by atoms with E-state index >= 15 is 0 Å². The highest BCUT2D eigenvalue weighted by Crippen LogP contribution is 2.13. The maximum atomic E-state index is 11.7. The van der Waals surface area contributed by atoms with Gasteiger partial charge < -0.3 is 9.84 Å². The SMILES string of the molecule is COCc1ccc(C(=O)C(C)(C)O)cc1. The van der Waals surface area contributed by atoms with Crippen molar-refractivity contribution in [2.24, 2.45) is 0 Å². The third-order valence-corrected chi connectivity index (χ3v) is 2.08. The zero-order chi connectivity index (χ0) is 11.5. The van der Waals surface area contributed by atoms with Crippen LogP contribution in [0.2, 0.25) is 0 Å². The Bertz CT molecular complexity index is 333. The first-order valence-corrected chi connectivity index (χ1v) is 4.80. The van der Waals surface area contributed by atoms with Crippen LogP contribution in [0.1, 0.15) is 29.8 Å². The zero-order valence-electron chi connectivity index (χ0n) is 9.28. The lowest BCUT2D eigenvalue weighted by molar-refractivity contribution is 0.0488. The summed E-state index contributed by atoms with van der Waals surface area (Å²) < 4.78 is 4.96.